The van der Waals surface area contributed by atoms with Gasteiger partial charge in [-0.3, -0.25) is 0 Å². The zero-order valence-corrected chi connectivity index (χ0v) is 14.2. The first-order valence-electron chi connectivity index (χ1n) is 7.89. The molecule has 122 valence electrons. The van der Waals surface area contributed by atoms with Gasteiger partial charge in [-0.2, -0.15) is 0 Å². The topological polar surface area (TPSA) is 29.5 Å². The van der Waals surface area contributed by atoms with Crippen molar-refractivity contribution >= 4 is 0 Å². The van der Waals surface area contributed by atoms with Crippen LogP contribution in [0.25, 0.3) is 0 Å². The molecule has 0 aliphatic carbocycles. The number of rotatable bonds is 4. The van der Waals surface area contributed by atoms with Gasteiger partial charge >= 0.3 is 0 Å². The van der Waals surface area contributed by atoms with E-state index >= 15 is 0 Å². The van der Waals surface area contributed by atoms with Crippen LogP contribution in [0.15, 0.2) is 42.5 Å². The molecule has 0 fully saturated rings. The maximum absolute atomic E-state index is 13.0. The van der Waals surface area contributed by atoms with Gasteiger partial charge in [0.25, 0.3) is 0 Å². The maximum Gasteiger partial charge on any atom is 0.132 e. The van der Waals surface area contributed by atoms with E-state index in [1.165, 1.54) is 12.1 Å². The van der Waals surface area contributed by atoms with Gasteiger partial charge in [-0.25, -0.2) is 4.39 Å². The Hall–Kier alpha value is -1.87. The summed E-state index contributed by atoms with van der Waals surface area (Å²) in [7, 11) is 0. The normalized spacial score (nSPS) is 9.05. The monoisotopic (exact) mass is 306 g/mol. The fraction of sp³-hybridized carbons (Fsp3) is 0.368. The van der Waals surface area contributed by atoms with Crippen LogP contribution in [-0.4, -0.2) is 5.11 Å². The SMILES string of the molecule is CC.CC.CCc1ccc(Oc2cccc(F)c2)c(CO)c1. The lowest BCUT2D eigenvalue weighted by Crippen LogP contribution is -1.94. The first-order chi connectivity index (χ1) is 10.7. The molecule has 2 rings (SSSR count). The summed E-state index contributed by atoms with van der Waals surface area (Å²) in [5, 5.41) is 9.32. The third-order valence-corrected chi connectivity index (χ3v) is 2.73. The molecule has 1 N–H and O–H groups in total. The van der Waals surface area contributed by atoms with Crippen molar-refractivity contribution in [2.24, 2.45) is 0 Å². The van der Waals surface area contributed by atoms with Crippen molar-refractivity contribution in [1.82, 2.24) is 0 Å². The van der Waals surface area contributed by atoms with E-state index < -0.39 is 0 Å². The Bertz CT molecular complexity index is 539. The van der Waals surface area contributed by atoms with E-state index in [0.717, 1.165) is 12.0 Å². The highest BCUT2D eigenvalue weighted by molar-refractivity contribution is 5.40. The van der Waals surface area contributed by atoms with Crippen molar-refractivity contribution in [1.29, 1.82) is 0 Å². The average Bonchev–Trinajstić information content (AvgIpc) is 2.59. The van der Waals surface area contributed by atoms with Gasteiger partial charge in [0.1, 0.15) is 17.3 Å². The highest BCUT2D eigenvalue weighted by Gasteiger charge is 2.06. The van der Waals surface area contributed by atoms with Crippen LogP contribution in [0.5, 0.6) is 11.5 Å². The fourth-order valence-electron chi connectivity index (χ4n) is 1.73. The van der Waals surface area contributed by atoms with E-state index in [1.54, 1.807) is 18.2 Å². The van der Waals surface area contributed by atoms with E-state index in [9.17, 15) is 9.50 Å². The predicted octanol–water partition coefficient (Wildman–Crippen LogP) is 5.73. The number of hydrogen-bond donors (Lipinski definition) is 1. The summed E-state index contributed by atoms with van der Waals surface area (Å²) in [6, 6.07) is 11.6. The Kier molecular flexibility index (Phi) is 10.8. The molecule has 2 nitrogen and oxygen atoms in total. The summed E-state index contributed by atoms with van der Waals surface area (Å²) in [5.41, 5.74) is 1.84. The molecule has 3 heteroatoms. The first kappa shape index (κ1) is 20.1. The van der Waals surface area contributed by atoms with Gasteiger partial charge in [-0.1, -0.05) is 46.8 Å². The maximum atomic E-state index is 13.0. The van der Waals surface area contributed by atoms with E-state index in [1.807, 2.05) is 46.8 Å². The van der Waals surface area contributed by atoms with Gasteiger partial charge in [0.05, 0.1) is 6.61 Å². The number of benzene rings is 2. The Morgan fingerprint density at radius 2 is 1.68 bits per heavy atom. The second-order valence-corrected chi connectivity index (χ2v) is 4.01. The van der Waals surface area contributed by atoms with E-state index in [0.29, 0.717) is 17.1 Å². The lowest BCUT2D eigenvalue weighted by molar-refractivity contribution is 0.276. The zero-order valence-electron chi connectivity index (χ0n) is 14.2. The van der Waals surface area contributed by atoms with Crippen molar-refractivity contribution < 1.29 is 14.2 Å². The van der Waals surface area contributed by atoms with Gasteiger partial charge in [-0.05, 0) is 36.2 Å². The fourth-order valence-corrected chi connectivity index (χ4v) is 1.73. The van der Waals surface area contributed by atoms with Gasteiger partial charge < -0.3 is 9.84 Å². The predicted molar refractivity (Wildman–Crippen MR) is 90.9 cm³/mol. The standard InChI is InChI=1S/C15H15FO2.2C2H6/c1-2-11-6-7-15(12(8-11)10-17)18-14-5-3-4-13(16)9-14;2*1-2/h3-9,17H,2,10H2,1H3;2*1-2H3. The summed E-state index contributed by atoms with van der Waals surface area (Å²) in [6.45, 7) is 9.95. The zero-order chi connectivity index (χ0) is 17.0. The van der Waals surface area contributed by atoms with Crippen LogP contribution in [0.2, 0.25) is 0 Å². The van der Waals surface area contributed by atoms with Crippen molar-refractivity contribution in [2.45, 2.75) is 47.6 Å². The Morgan fingerprint density at radius 1 is 1.00 bits per heavy atom. The molecular formula is C19H27FO2. The van der Waals surface area contributed by atoms with Gasteiger partial charge in [0.15, 0.2) is 0 Å². The van der Waals surface area contributed by atoms with Crippen LogP contribution >= 0.6 is 0 Å². The molecule has 0 amide bonds. The third kappa shape index (κ3) is 6.27. The number of aliphatic hydroxyl groups is 1. The Morgan fingerprint density at radius 3 is 2.23 bits per heavy atom. The second kappa shape index (κ2) is 11.8. The number of aliphatic hydroxyl groups excluding tert-OH is 1. The highest BCUT2D eigenvalue weighted by Crippen LogP contribution is 2.27. The molecule has 22 heavy (non-hydrogen) atoms. The molecule has 0 saturated heterocycles. The molecule has 0 bridgehead atoms. The molecule has 0 spiro atoms. The number of hydrogen-bond acceptors (Lipinski definition) is 2. The van der Waals surface area contributed by atoms with Crippen molar-refractivity contribution in [3.8, 4) is 11.5 Å². The molecule has 0 atom stereocenters. The van der Waals surface area contributed by atoms with Crippen LogP contribution in [0.1, 0.15) is 45.7 Å². The Balaban J connectivity index is 0.00000102. The average molecular weight is 306 g/mol. The van der Waals surface area contributed by atoms with E-state index in [-0.39, 0.29) is 12.4 Å². The minimum atomic E-state index is -0.344. The Labute approximate surface area is 133 Å². The minimum Gasteiger partial charge on any atom is -0.457 e. The van der Waals surface area contributed by atoms with E-state index in [2.05, 4.69) is 0 Å². The number of aryl methyl sites for hydroxylation is 1. The second-order valence-electron chi connectivity index (χ2n) is 4.01. The molecule has 0 heterocycles. The van der Waals surface area contributed by atoms with Gasteiger partial charge in [0, 0.05) is 11.6 Å². The van der Waals surface area contributed by atoms with E-state index in [4.69, 9.17) is 4.74 Å². The van der Waals surface area contributed by atoms with Crippen molar-refractivity contribution in [2.75, 3.05) is 0 Å². The largest absolute Gasteiger partial charge is 0.457 e. The van der Waals surface area contributed by atoms with Crippen LogP contribution in [0, 0.1) is 5.82 Å². The van der Waals surface area contributed by atoms with Crippen molar-refractivity contribution in [3.05, 3.63) is 59.4 Å². The summed E-state index contributed by atoms with van der Waals surface area (Å²) in [4.78, 5) is 0. The molecule has 0 radical (unpaired) electrons. The smallest absolute Gasteiger partial charge is 0.132 e. The summed E-state index contributed by atoms with van der Waals surface area (Å²) in [5.74, 6) is 0.637. The quantitative estimate of drug-likeness (QED) is 0.782. The lowest BCUT2D eigenvalue weighted by atomic mass is 10.1. The highest BCUT2D eigenvalue weighted by atomic mass is 19.1. The van der Waals surface area contributed by atoms with Crippen LogP contribution in [0.3, 0.4) is 0 Å². The molecule has 0 aromatic heterocycles. The van der Waals surface area contributed by atoms with Crippen molar-refractivity contribution in [3.63, 3.8) is 0 Å². The van der Waals surface area contributed by atoms with Crippen LogP contribution in [-0.2, 0) is 13.0 Å². The van der Waals surface area contributed by atoms with Gasteiger partial charge in [0.2, 0.25) is 0 Å². The van der Waals surface area contributed by atoms with Gasteiger partial charge in [-0.15, -0.1) is 0 Å². The minimum absolute atomic E-state index is 0.0987. The number of halogens is 1. The molecule has 2 aromatic carbocycles. The van der Waals surface area contributed by atoms with Crippen LogP contribution in [0.4, 0.5) is 4.39 Å². The first-order valence-corrected chi connectivity index (χ1v) is 7.89. The summed E-state index contributed by atoms with van der Waals surface area (Å²) < 4.78 is 18.6. The number of ether oxygens (including phenoxy) is 1. The summed E-state index contributed by atoms with van der Waals surface area (Å²) in [6.07, 6.45) is 0.896. The molecule has 0 aliphatic rings. The summed E-state index contributed by atoms with van der Waals surface area (Å²) >= 11 is 0. The molecule has 0 unspecified atom stereocenters. The third-order valence-electron chi connectivity index (χ3n) is 2.73. The molecule has 0 aliphatic heterocycles. The molecule has 0 saturated carbocycles. The molecular weight excluding hydrogens is 279 g/mol. The lowest BCUT2D eigenvalue weighted by Gasteiger charge is -2.11. The van der Waals surface area contributed by atoms with Crippen LogP contribution < -0.4 is 4.74 Å². The molecule has 2 aromatic rings.